The number of allylic oxidation sites excluding steroid dienone is 1. The maximum Gasteiger partial charge on any atom is 0.222 e. The average Bonchev–Trinajstić information content (AvgIpc) is 3.92. The van der Waals surface area contributed by atoms with E-state index in [0.717, 1.165) is 102 Å². The molecule has 5 aliphatic rings. The topological polar surface area (TPSA) is 89.5 Å². The van der Waals surface area contributed by atoms with E-state index in [1.54, 1.807) is 19.8 Å². The smallest absolute Gasteiger partial charge is 0.222 e. The van der Waals surface area contributed by atoms with Crippen LogP contribution < -0.4 is 14.8 Å². The number of carbonyl (C=O) groups is 1. The van der Waals surface area contributed by atoms with Gasteiger partial charge in [0.25, 0.3) is 0 Å². The molecule has 10 atom stereocenters. The van der Waals surface area contributed by atoms with Gasteiger partial charge in [-0.2, -0.15) is 0 Å². The fourth-order valence-corrected chi connectivity index (χ4v) is 14.4. The highest BCUT2D eigenvalue weighted by atomic mass is 16.5. The number of aliphatic hydroxyl groups is 1. The zero-order chi connectivity index (χ0) is 47.9. The lowest BCUT2D eigenvalue weighted by molar-refractivity contribution is -0.130. The standard InChI is InChI=1S/C60H86N2O6/c1-42(2)15-14-16-43(3)53-30-31-54-52-29-24-48-37-51(32-34-58(48,4)55(52)33-35-59(53,54)5)67-41-61-36-13-9-12-19-57(64)62-38-44(56(63)39-62)40-68-60(45-17-10-8-11-18-45,46-20-25-49(65-6)26-21-46)47-22-27-50(66-7)28-23-47/h8,10-11,17-18,20-28,42-44,51-56,61,63H,9,12-16,19,29-41H2,1-7H3/t43?,44?,51-,52?,53+,54?,55?,56?,58-,59+/m0/s1. The van der Waals surface area contributed by atoms with Gasteiger partial charge in [-0.25, -0.2) is 0 Å². The lowest BCUT2D eigenvalue weighted by Gasteiger charge is -2.58. The van der Waals surface area contributed by atoms with Crippen molar-refractivity contribution in [3.05, 3.63) is 107 Å². The Labute approximate surface area is 410 Å². The minimum Gasteiger partial charge on any atom is -0.497 e. The summed E-state index contributed by atoms with van der Waals surface area (Å²) in [6.45, 7) is 15.2. The zero-order valence-corrected chi connectivity index (χ0v) is 42.9. The van der Waals surface area contributed by atoms with E-state index < -0.39 is 11.7 Å². The number of amides is 1. The van der Waals surface area contributed by atoms with Crippen LogP contribution in [0, 0.1) is 52.3 Å². The van der Waals surface area contributed by atoms with Gasteiger partial charge in [0.2, 0.25) is 5.91 Å². The lowest BCUT2D eigenvalue weighted by atomic mass is 9.47. The predicted molar refractivity (Wildman–Crippen MR) is 274 cm³/mol. The zero-order valence-electron chi connectivity index (χ0n) is 42.9. The minimum absolute atomic E-state index is 0.104. The Morgan fingerprint density at radius 1 is 0.794 bits per heavy atom. The van der Waals surface area contributed by atoms with E-state index in [9.17, 15) is 9.90 Å². The molecule has 3 aromatic rings. The summed E-state index contributed by atoms with van der Waals surface area (Å²) < 4.78 is 24.6. The molecule has 0 aromatic heterocycles. The first-order valence-electron chi connectivity index (χ1n) is 26.9. The van der Waals surface area contributed by atoms with E-state index in [2.05, 4.69) is 58.1 Å². The summed E-state index contributed by atoms with van der Waals surface area (Å²) in [6.07, 6.45) is 20.4. The number of rotatable bonds is 22. The van der Waals surface area contributed by atoms with Crippen molar-refractivity contribution in [3.63, 3.8) is 0 Å². The van der Waals surface area contributed by atoms with Crippen LogP contribution in [0.2, 0.25) is 0 Å². The predicted octanol–water partition coefficient (Wildman–Crippen LogP) is 12.4. The fourth-order valence-electron chi connectivity index (χ4n) is 14.4. The molecular formula is C60H86N2O6. The van der Waals surface area contributed by atoms with Crippen molar-refractivity contribution in [2.24, 2.45) is 52.3 Å². The summed E-state index contributed by atoms with van der Waals surface area (Å²) in [6, 6.07) is 26.1. The van der Waals surface area contributed by atoms with Crippen LogP contribution in [-0.2, 0) is 19.9 Å². The molecule has 3 saturated carbocycles. The van der Waals surface area contributed by atoms with Crippen LogP contribution in [-0.4, -0.2) is 75.3 Å². The number of ether oxygens (including phenoxy) is 4. The molecule has 0 bridgehead atoms. The van der Waals surface area contributed by atoms with Crippen molar-refractivity contribution in [2.45, 2.75) is 149 Å². The molecule has 68 heavy (non-hydrogen) atoms. The maximum absolute atomic E-state index is 13.5. The van der Waals surface area contributed by atoms with E-state index in [1.807, 2.05) is 71.6 Å². The molecule has 0 radical (unpaired) electrons. The number of methoxy groups -OCH3 is 2. The van der Waals surface area contributed by atoms with Gasteiger partial charge in [0, 0.05) is 25.4 Å². The SMILES string of the molecule is COc1ccc(C(OCC2CN(C(=O)CCCCCNCO[C@H]3CC[C@@]4(C)C(=CCC5C4CC[C@@]4(C)C5CC[C@@H]4C(C)CCCC(C)C)C3)CC2O)(c2ccccc2)c2ccc(OC)cc2)cc1. The van der Waals surface area contributed by atoms with Crippen LogP contribution in [0.25, 0.3) is 0 Å². The lowest BCUT2D eigenvalue weighted by Crippen LogP contribution is -2.51. The molecule has 1 heterocycles. The normalized spacial score (nSPS) is 29.5. The van der Waals surface area contributed by atoms with Crippen molar-refractivity contribution in [3.8, 4) is 11.5 Å². The van der Waals surface area contributed by atoms with E-state index >= 15 is 0 Å². The summed E-state index contributed by atoms with van der Waals surface area (Å²) in [5.74, 6) is 6.60. The number of fused-ring (bicyclic) bond motifs is 5. The largest absolute Gasteiger partial charge is 0.497 e. The number of aliphatic hydroxyl groups excluding tert-OH is 1. The van der Waals surface area contributed by atoms with E-state index in [0.29, 0.717) is 43.2 Å². The number of hydrogen-bond donors (Lipinski definition) is 2. The first-order valence-corrected chi connectivity index (χ1v) is 26.9. The van der Waals surface area contributed by atoms with Crippen LogP contribution in [0.5, 0.6) is 11.5 Å². The highest BCUT2D eigenvalue weighted by molar-refractivity contribution is 5.76. The van der Waals surface area contributed by atoms with E-state index in [4.69, 9.17) is 18.9 Å². The van der Waals surface area contributed by atoms with Gasteiger partial charge in [0.1, 0.15) is 17.1 Å². The summed E-state index contributed by atoms with van der Waals surface area (Å²) >= 11 is 0. The molecule has 8 rings (SSSR count). The minimum atomic E-state index is -0.978. The van der Waals surface area contributed by atoms with E-state index in [-0.39, 0.29) is 18.4 Å². The molecule has 1 amide bonds. The third kappa shape index (κ3) is 10.8. The molecule has 372 valence electrons. The number of nitrogens with zero attached hydrogens (tertiary/aromatic N) is 1. The fraction of sp³-hybridized carbons (Fsp3) is 0.650. The van der Waals surface area contributed by atoms with Crippen molar-refractivity contribution in [1.29, 1.82) is 0 Å². The quantitative estimate of drug-likeness (QED) is 0.0449. The summed E-state index contributed by atoms with van der Waals surface area (Å²) in [4.78, 5) is 15.3. The van der Waals surface area contributed by atoms with Gasteiger partial charge in [0.15, 0.2) is 0 Å². The molecule has 8 nitrogen and oxygen atoms in total. The van der Waals surface area contributed by atoms with Gasteiger partial charge in [0.05, 0.1) is 39.8 Å². The van der Waals surface area contributed by atoms with Crippen LogP contribution in [0.3, 0.4) is 0 Å². The van der Waals surface area contributed by atoms with Gasteiger partial charge < -0.3 is 29.0 Å². The molecule has 3 aromatic carbocycles. The highest BCUT2D eigenvalue weighted by Crippen LogP contribution is 2.67. The monoisotopic (exact) mass is 931 g/mol. The van der Waals surface area contributed by atoms with Crippen molar-refractivity contribution >= 4 is 5.91 Å². The molecule has 6 unspecified atom stereocenters. The maximum atomic E-state index is 13.5. The van der Waals surface area contributed by atoms with Crippen molar-refractivity contribution in [2.75, 3.05) is 47.2 Å². The Hall–Kier alpha value is -3.69. The Morgan fingerprint density at radius 3 is 2.16 bits per heavy atom. The average molecular weight is 931 g/mol. The first kappa shape index (κ1) is 50.7. The Morgan fingerprint density at radius 2 is 1.49 bits per heavy atom. The third-order valence-electron chi connectivity index (χ3n) is 18.4. The number of unbranched alkanes of at least 4 members (excludes halogenated alkanes) is 2. The molecule has 1 saturated heterocycles. The number of nitrogens with one attached hydrogen (secondary N) is 1. The summed E-state index contributed by atoms with van der Waals surface area (Å²) in [5.41, 5.74) is 4.45. The second kappa shape index (κ2) is 22.6. The number of benzene rings is 3. The van der Waals surface area contributed by atoms with Gasteiger partial charge in [-0.05, 0) is 158 Å². The number of likely N-dealkylation sites (tertiary alicyclic amines) is 1. The van der Waals surface area contributed by atoms with Gasteiger partial charge >= 0.3 is 0 Å². The molecular weight excluding hydrogens is 845 g/mol. The Bertz CT molecular complexity index is 2040. The summed E-state index contributed by atoms with van der Waals surface area (Å²) in [7, 11) is 3.33. The van der Waals surface area contributed by atoms with Gasteiger partial charge in [-0.1, -0.05) is 127 Å². The number of β-amino-alcohol motifs (C(OH)–C–C–N with tert-alkyl or cyclic N) is 1. The van der Waals surface area contributed by atoms with E-state index in [1.165, 1.54) is 57.8 Å². The van der Waals surface area contributed by atoms with Crippen LogP contribution in [0.4, 0.5) is 0 Å². The van der Waals surface area contributed by atoms with Crippen LogP contribution >= 0.6 is 0 Å². The van der Waals surface area contributed by atoms with Crippen LogP contribution in [0.1, 0.15) is 148 Å². The molecule has 4 fully saturated rings. The number of carbonyl (C=O) groups excluding carboxylic acids is 1. The van der Waals surface area contributed by atoms with Crippen molar-refractivity contribution in [1.82, 2.24) is 10.2 Å². The number of hydrogen-bond acceptors (Lipinski definition) is 7. The van der Waals surface area contributed by atoms with Gasteiger partial charge in [-0.15, -0.1) is 0 Å². The third-order valence-corrected chi connectivity index (χ3v) is 18.4. The molecule has 2 N–H and O–H groups in total. The van der Waals surface area contributed by atoms with Crippen LogP contribution in [0.15, 0.2) is 90.5 Å². The highest BCUT2D eigenvalue weighted by Gasteiger charge is 2.59. The van der Waals surface area contributed by atoms with Crippen molar-refractivity contribution < 1.29 is 28.8 Å². The second-order valence-electron chi connectivity index (χ2n) is 22.7. The Kier molecular flexibility index (Phi) is 16.8. The van der Waals surface area contributed by atoms with Gasteiger partial charge in [-0.3, -0.25) is 10.1 Å². The molecule has 1 aliphatic heterocycles. The Balaban J connectivity index is 0.761. The second-order valence-corrected chi connectivity index (χ2v) is 22.7. The molecule has 8 heteroatoms. The molecule has 0 spiro atoms. The summed E-state index contributed by atoms with van der Waals surface area (Å²) in [5, 5.41) is 14.9. The molecule has 4 aliphatic carbocycles. The first-order chi connectivity index (χ1) is 32.9.